The van der Waals surface area contributed by atoms with E-state index >= 15 is 0 Å². The van der Waals surface area contributed by atoms with Crippen LogP contribution >= 0.6 is 12.2 Å². The summed E-state index contributed by atoms with van der Waals surface area (Å²) in [6.07, 6.45) is 0. The normalized spacial score (nSPS) is 13.1. The maximum atomic E-state index is 5.31. The molecule has 0 bridgehead atoms. The summed E-state index contributed by atoms with van der Waals surface area (Å²) in [6.45, 7) is 0.276. The first-order chi connectivity index (χ1) is 7.75. The first-order valence-corrected chi connectivity index (χ1v) is 5.18. The van der Waals surface area contributed by atoms with Gasteiger partial charge in [0.15, 0.2) is 22.1 Å². The van der Waals surface area contributed by atoms with Crippen molar-refractivity contribution >= 4 is 12.2 Å². The lowest BCUT2D eigenvalue weighted by molar-refractivity contribution is 0.174. The van der Waals surface area contributed by atoms with Crippen molar-refractivity contribution in [2.45, 2.75) is 0 Å². The van der Waals surface area contributed by atoms with Crippen LogP contribution in [0.25, 0.3) is 11.4 Å². The number of aromatic nitrogens is 3. The molecule has 1 aliphatic rings. The van der Waals surface area contributed by atoms with Crippen LogP contribution in [0.1, 0.15) is 0 Å². The summed E-state index contributed by atoms with van der Waals surface area (Å²) in [6, 6.07) is 5.70. The Morgan fingerprint density at radius 3 is 2.94 bits per heavy atom. The minimum atomic E-state index is 0.276. The van der Waals surface area contributed by atoms with Gasteiger partial charge in [0.05, 0.1) is 0 Å². The zero-order chi connectivity index (χ0) is 11.1. The Hall–Kier alpha value is -1.82. The van der Waals surface area contributed by atoms with Crippen molar-refractivity contribution in [1.29, 1.82) is 0 Å². The third kappa shape index (κ3) is 1.30. The van der Waals surface area contributed by atoms with Gasteiger partial charge in [0.25, 0.3) is 0 Å². The first kappa shape index (κ1) is 9.41. The molecular formula is C10H9N3O2S. The van der Waals surface area contributed by atoms with E-state index in [9.17, 15) is 0 Å². The van der Waals surface area contributed by atoms with E-state index < -0.39 is 0 Å². The van der Waals surface area contributed by atoms with E-state index in [1.54, 1.807) is 0 Å². The van der Waals surface area contributed by atoms with Crippen LogP contribution in [-0.2, 0) is 7.05 Å². The Kier molecular flexibility index (Phi) is 1.97. The van der Waals surface area contributed by atoms with E-state index in [0.717, 1.165) is 22.9 Å². The van der Waals surface area contributed by atoms with Crippen LogP contribution < -0.4 is 9.47 Å². The second kappa shape index (κ2) is 3.34. The molecule has 0 amide bonds. The quantitative estimate of drug-likeness (QED) is 0.767. The van der Waals surface area contributed by atoms with Gasteiger partial charge in [-0.2, -0.15) is 5.10 Å². The summed E-state index contributed by atoms with van der Waals surface area (Å²) in [5.74, 6) is 2.29. The van der Waals surface area contributed by atoms with Crippen molar-refractivity contribution in [3.05, 3.63) is 23.0 Å². The molecule has 0 unspecified atom stereocenters. The number of hydrogen-bond donors (Lipinski definition) is 1. The van der Waals surface area contributed by atoms with Crippen molar-refractivity contribution in [2.75, 3.05) is 6.79 Å². The molecule has 1 N–H and O–H groups in total. The number of rotatable bonds is 1. The fourth-order valence-electron chi connectivity index (χ4n) is 1.64. The van der Waals surface area contributed by atoms with Gasteiger partial charge in [-0.05, 0) is 30.4 Å². The SMILES string of the molecule is Cn1c(-c2ccc3c(c2)OCO3)n[nH]c1=S. The lowest BCUT2D eigenvalue weighted by Crippen LogP contribution is -1.93. The molecule has 0 fully saturated rings. The molecule has 0 saturated heterocycles. The maximum absolute atomic E-state index is 5.31. The van der Waals surface area contributed by atoms with Crippen molar-refractivity contribution in [3.8, 4) is 22.9 Å². The van der Waals surface area contributed by atoms with Crippen LogP contribution in [0.2, 0.25) is 0 Å². The number of hydrogen-bond acceptors (Lipinski definition) is 4. The Labute approximate surface area is 96.6 Å². The highest BCUT2D eigenvalue weighted by molar-refractivity contribution is 7.71. The van der Waals surface area contributed by atoms with Crippen molar-refractivity contribution in [1.82, 2.24) is 14.8 Å². The molecule has 6 heteroatoms. The zero-order valence-corrected chi connectivity index (χ0v) is 9.37. The van der Waals surface area contributed by atoms with E-state index in [4.69, 9.17) is 21.7 Å². The third-order valence-corrected chi connectivity index (χ3v) is 2.88. The highest BCUT2D eigenvalue weighted by Crippen LogP contribution is 2.35. The average molecular weight is 235 g/mol. The van der Waals surface area contributed by atoms with Gasteiger partial charge in [0.1, 0.15) is 0 Å². The summed E-state index contributed by atoms with van der Waals surface area (Å²) >= 11 is 5.06. The Morgan fingerprint density at radius 1 is 1.38 bits per heavy atom. The number of nitrogens with one attached hydrogen (secondary N) is 1. The van der Waals surface area contributed by atoms with Crippen LogP contribution in [0.4, 0.5) is 0 Å². The number of nitrogens with zero attached hydrogens (tertiary/aromatic N) is 2. The van der Waals surface area contributed by atoms with E-state index in [0.29, 0.717) is 4.77 Å². The van der Waals surface area contributed by atoms with Crippen molar-refractivity contribution < 1.29 is 9.47 Å². The standard InChI is InChI=1S/C10H9N3O2S/c1-13-9(11-12-10(13)16)6-2-3-7-8(4-6)15-5-14-7/h2-4H,5H2,1H3,(H,12,16). The summed E-state index contributed by atoms with van der Waals surface area (Å²) in [7, 11) is 1.87. The van der Waals surface area contributed by atoms with E-state index in [2.05, 4.69) is 10.2 Å². The van der Waals surface area contributed by atoms with E-state index in [1.807, 2.05) is 29.8 Å². The highest BCUT2D eigenvalue weighted by atomic mass is 32.1. The smallest absolute Gasteiger partial charge is 0.231 e. The second-order valence-corrected chi connectivity index (χ2v) is 3.87. The molecule has 0 aliphatic carbocycles. The van der Waals surface area contributed by atoms with Crippen LogP contribution in [-0.4, -0.2) is 21.6 Å². The number of fused-ring (bicyclic) bond motifs is 1. The summed E-state index contributed by atoms with van der Waals surface area (Å²) in [5.41, 5.74) is 0.944. The van der Waals surface area contributed by atoms with Gasteiger partial charge in [-0.15, -0.1) is 0 Å². The fourth-order valence-corrected chi connectivity index (χ4v) is 1.77. The summed E-state index contributed by atoms with van der Waals surface area (Å²) < 4.78 is 13.0. The number of aromatic amines is 1. The Balaban J connectivity index is 2.14. The van der Waals surface area contributed by atoms with Gasteiger partial charge in [-0.1, -0.05) is 0 Å². The largest absolute Gasteiger partial charge is 0.454 e. The van der Waals surface area contributed by atoms with E-state index in [1.165, 1.54) is 0 Å². The molecule has 0 spiro atoms. The molecule has 1 aromatic heterocycles. The van der Waals surface area contributed by atoms with Crippen molar-refractivity contribution in [3.63, 3.8) is 0 Å². The number of ether oxygens (including phenoxy) is 2. The van der Waals surface area contributed by atoms with Crippen LogP contribution in [0, 0.1) is 4.77 Å². The Morgan fingerprint density at radius 2 is 2.19 bits per heavy atom. The first-order valence-electron chi connectivity index (χ1n) is 4.77. The molecule has 0 radical (unpaired) electrons. The lowest BCUT2D eigenvalue weighted by Gasteiger charge is -2.01. The number of H-pyrrole nitrogens is 1. The molecular weight excluding hydrogens is 226 g/mol. The highest BCUT2D eigenvalue weighted by Gasteiger charge is 2.15. The van der Waals surface area contributed by atoms with Crippen LogP contribution in [0.5, 0.6) is 11.5 Å². The maximum Gasteiger partial charge on any atom is 0.231 e. The molecule has 1 aromatic carbocycles. The molecule has 16 heavy (non-hydrogen) atoms. The van der Waals surface area contributed by atoms with Crippen LogP contribution in [0.3, 0.4) is 0 Å². The summed E-state index contributed by atoms with van der Waals surface area (Å²) in [4.78, 5) is 0. The molecule has 82 valence electrons. The molecule has 0 atom stereocenters. The number of benzene rings is 1. The molecule has 3 rings (SSSR count). The average Bonchev–Trinajstić information content (AvgIpc) is 2.86. The van der Waals surface area contributed by atoms with Gasteiger partial charge < -0.3 is 14.0 Å². The molecule has 1 aliphatic heterocycles. The third-order valence-electron chi connectivity index (χ3n) is 2.51. The van der Waals surface area contributed by atoms with Gasteiger partial charge >= 0.3 is 0 Å². The predicted molar refractivity (Wildman–Crippen MR) is 60.0 cm³/mol. The van der Waals surface area contributed by atoms with Gasteiger partial charge in [0, 0.05) is 12.6 Å². The Bertz CT molecular complexity index is 602. The summed E-state index contributed by atoms with van der Waals surface area (Å²) in [5, 5.41) is 6.91. The van der Waals surface area contributed by atoms with Crippen LogP contribution in [0.15, 0.2) is 18.2 Å². The second-order valence-electron chi connectivity index (χ2n) is 3.48. The van der Waals surface area contributed by atoms with Gasteiger partial charge in [0.2, 0.25) is 6.79 Å². The lowest BCUT2D eigenvalue weighted by atomic mass is 10.2. The monoisotopic (exact) mass is 235 g/mol. The molecule has 5 nitrogen and oxygen atoms in total. The topological polar surface area (TPSA) is 52.1 Å². The zero-order valence-electron chi connectivity index (χ0n) is 8.56. The van der Waals surface area contributed by atoms with Gasteiger partial charge in [-0.3, -0.25) is 5.10 Å². The minimum Gasteiger partial charge on any atom is -0.454 e. The van der Waals surface area contributed by atoms with Gasteiger partial charge in [-0.25, -0.2) is 0 Å². The predicted octanol–water partition coefficient (Wildman–Crippen LogP) is 1.87. The van der Waals surface area contributed by atoms with E-state index in [-0.39, 0.29) is 6.79 Å². The molecule has 2 aromatic rings. The molecule has 2 heterocycles. The molecule has 0 saturated carbocycles. The minimum absolute atomic E-state index is 0.276. The van der Waals surface area contributed by atoms with Crippen molar-refractivity contribution in [2.24, 2.45) is 7.05 Å². The fraction of sp³-hybridized carbons (Fsp3) is 0.200.